The maximum atomic E-state index is 10.7. The normalized spacial score (nSPS) is 16.9. The van der Waals surface area contributed by atoms with E-state index in [9.17, 15) is 10.1 Å². The number of anilines is 2. The molecule has 7 heteroatoms. The fourth-order valence-electron chi connectivity index (χ4n) is 2.40. The Morgan fingerprint density at radius 1 is 1.42 bits per heavy atom. The minimum atomic E-state index is -0.510. The lowest BCUT2D eigenvalue weighted by molar-refractivity contribution is -0.384. The number of nitrogens with two attached hydrogens (primary N) is 1. The van der Waals surface area contributed by atoms with Gasteiger partial charge in [0.1, 0.15) is 5.82 Å². The largest absolute Gasteiger partial charge is 0.378 e. The fraction of sp³-hybridized carbons (Fsp3) is 0.583. The Balaban J connectivity index is 2.08. The van der Waals surface area contributed by atoms with Crippen molar-refractivity contribution in [3.05, 3.63) is 22.2 Å². The van der Waals surface area contributed by atoms with E-state index in [4.69, 9.17) is 5.73 Å². The standard InChI is InChI=1S/C12H19N5O2/c1-15(2)9-5-7-16(8-6-9)11-4-3-10(17(18)19)12(13)14-11/h3-4,9H,5-8H2,1-2H3,(H2,13,14). The van der Waals surface area contributed by atoms with E-state index < -0.39 is 4.92 Å². The minimum Gasteiger partial charge on any atom is -0.378 e. The summed E-state index contributed by atoms with van der Waals surface area (Å²) in [7, 11) is 4.17. The Labute approximate surface area is 112 Å². The highest BCUT2D eigenvalue weighted by Gasteiger charge is 2.22. The maximum Gasteiger partial charge on any atom is 0.311 e. The number of nitrogen functional groups attached to an aromatic ring is 1. The van der Waals surface area contributed by atoms with E-state index in [1.54, 1.807) is 6.07 Å². The third-order valence-corrected chi connectivity index (χ3v) is 3.60. The van der Waals surface area contributed by atoms with Crippen LogP contribution in [0.1, 0.15) is 12.8 Å². The van der Waals surface area contributed by atoms with Crippen molar-refractivity contribution in [3.8, 4) is 0 Å². The summed E-state index contributed by atoms with van der Waals surface area (Å²) in [6.07, 6.45) is 2.12. The van der Waals surface area contributed by atoms with Crippen molar-refractivity contribution in [2.45, 2.75) is 18.9 Å². The van der Waals surface area contributed by atoms with Gasteiger partial charge >= 0.3 is 5.69 Å². The van der Waals surface area contributed by atoms with Crippen LogP contribution in [0.5, 0.6) is 0 Å². The molecule has 2 heterocycles. The molecule has 2 rings (SSSR count). The number of hydrogen-bond acceptors (Lipinski definition) is 6. The Hall–Kier alpha value is -1.89. The first-order valence-electron chi connectivity index (χ1n) is 6.31. The summed E-state index contributed by atoms with van der Waals surface area (Å²) in [6.45, 7) is 1.79. The summed E-state index contributed by atoms with van der Waals surface area (Å²) in [4.78, 5) is 18.7. The van der Waals surface area contributed by atoms with Crippen molar-refractivity contribution in [2.24, 2.45) is 0 Å². The number of pyridine rings is 1. The van der Waals surface area contributed by atoms with Crippen LogP contribution in [0.2, 0.25) is 0 Å². The van der Waals surface area contributed by atoms with Crippen LogP contribution in [0.25, 0.3) is 0 Å². The molecule has 0 aliphatic carbocycles. The van der Waals surface area contributed by atoms with Gasteiger partial charge in [-0.25, -0.2) is 4.98 Å². The van der Waals surface area contributed by atoms with Crippen molar-refractivity contribution in [3.63, 3.8) is 0 Å². The summed E-state index contributed by atoms with van der Waals surface area (Å²) >= 11 is 0. The molecule has 0 unspecified atom stereocenters. The van der Waals surface area contributed by atoms with E-state index in [0.29, 0.717) is 6.04 Å². The molecule has 1 aliphatic heterocycles. The van der Waals surface area contributed by atoms with Crippen LogP contribution in [0, 0.1) is 10.1 Å². The van der Waals surface area contributed by atoms with E-state index in [1.807, 2.05) is 0 Å². The van der Waals surface area contributed by atoms with Gasteiger partial charge in [0.2, 0.25) is 5.82 Å². The van der Waals surface area contributed by atoms with E-state index >= 15 is 0 Å². The zero-order chi connectivity index (χ0) is 14.0. The SMILES string of the molecule is CN(C)C1CCN(c2ccc([N+](=O)[O-])c(N)n2)CC1. The van der Waals surface area contributed by atoms with Gasteiger partial charge in [-0.2, -0.15) is 0 Å². The molecule has 1 saturated heterocycles. The van der Waals surface area contributed by atoms with Crippen molar-refractivity contribution in [2.75, 3.05) is 37.8 Å². The lowest BCUT2D eigenvalue weighted by atomic mass is 10.0. The summed E-state index contributed by atoms with van der Waals surface area (Å²) in [5.74, 6) is 0.706. The molecule has 0 spiro atoms. The maximum absolute atomic E-state index is 10.7. The number of rotatable bonds is 3. The molecule has 1 aromatic rings. The highest BCUT2D eigenvalue weighted by Crippen LogP contribution is 2.25. The van der Waals surface area contributed by atoms with Gasteiger partial charge in [0.05, 0.1) is 4.92 Å². The summed E-state index contributed by atoms with van der Waals surface area (Å²) in [6, 6.07) is 3.69. The first kappa shape index (κ1) is 13.5. The monoisotopic (exact) mass is 265 g/mol. The molecule has 7 nitrogen and oxygen atoms in total. The lowest BCUT2D eigenvalue weighted by Crippen LogP contribution is -2.42. The second-order valence-electron chi connectivity index (χ2n) is 5.01. The molecule has 1 aromatic heterocycles. The Kier molecular flexibility index (Phi) is 3.84. The van der Waals surface area contributed by atoms with Crippen LogP contribution in [-0.2, 0) is 0 Å². The minimum absolute atomic E-state index is 0.0165. The number of nitrogens with zero attached hydrogens (tertiary/aromatic N) is 4. The van der Waals surface area contributed by atoms with Gasteiger partial charge in [0, 0.05) is 25.2 Å². The molecule has 0 bridgehead atoms. The quantitative estimate of drug-likeness (QED) is 0.650. The van der Waals surface area contributed by atoms with E-state index in [0.717, 1.165) is 31.7 Å². The van der Waals surface area contributed by atoms with Gasteiger partial charge in [0.25, 0.3) is 0 Å². The van der Waals surface area contributed by atoms with E-state index in [2.05, 4.69) is 28.9 Å². The predicted octanol–water partition coefficient (Wildman–Crippen LogP) is 1.10. The van der Waals surface area contributed by atoms with E-state index in [-0.39, 0.29) is 11.5 Å². The lowest BCUT2D eigenvalue weighted by Gasteiger charge is -2.35. The van der Waals surface area contributed by atoms with Gasteiger partial charge < -0.3 is 15.5 Å². The predicted molar refractivity (Wildman–Crippen MR) is 74.2 cm³/mol. The topological polar surface area (TPSA) is 88.5 Å². The number of aromatic nitrogens is 1. The second kappa shape index (κ2) is 5.40. The molecule has 1 fully saturated rings. The molecule has 0 atom stereocenters. The second-order valence-corrected chi connectivity index (χ2v) is 5.01. The van der Waals surface area contributed by atoms with Crippen LogP contribution < -0.4 is 10.6 Å². The summed E-state index contributed by atoms with van der Waals surface area (Å²) < 4.78 is 0. The fourth-order valence-corrected chi connectivity index (χ4v) is 2.40. The number of hydrogen-bond donors (Lipinski definition) is 1. The number of nitro groups is 1. The Morgan fingerprint density at radius 2 is 2.05 bits per heavy atom. The van der Waals surface area contributed by atoms with Crippen molar-refractivity contribution in [1.29, 1.82) is 0 Å². The van der Waals surface area contributed by atoms with Gasteiger partial charge in [-0.1, -0.05) is 0 Å². The highest BCUT2D eigenvalue weighted by molar-refractivity contribution is 5.58. The Bertz CT molecular complexity index is 469. The first-order chi connectivity index (χ1) is 8.99. The average molecular weight is 265 g/mol. The van der Waals surface area contributed by atoms with Crippen LogP contribution >= 0.6 is 0 Å². The molecule has 0 aromatic carbocycles. The molecule has 0 radical (unpaired) electrons. The third kappa shape index (κ3) is 2.93. The molecule has 2 N–H and O–H groups in total. The van der Waals surface area contributed by atoms with Crippen molar-refractivity contribution >= 4 is 17.3 Å². The van der Waals surface area contributed by atoms with Gasteiger partial charge in [-0.15, -0.1) is 0 Å². The Morgan fingerprint density at radius 3 is 2.53 bits per heavy atom. The van der Waals surface area contributed by atoms with Crippen molar-refractivity contribution in [1.82, 2.24) is 9.88 Å². The van der Waals surface area contributed by atoms with Gasteiger partial charge in [0.15, 0.2) is 0 Å². The number of piperidine rings is 1. The van der Waals surface area contributed by atoms with Gasteiger partial charge in [-0.3, -0.25) is 10.1 Å². The molecule has 1 aliphatic rings. The molecule has 0 amide bonds. The van der Waals surface area contributed by atoms with Gasteiger partial charge in [-0.05, 0) is 33.0 Å². The zero-order valence-electron chi connectivity index (χ0n) is 11.2. The smallest absolute Gasteiger partial charge is 0.311 e. The molecule has 19 heavy (non-hydrogen) atoms. The molecular formula is C12H19N5O2. The molecule has 0 saturated carbocycles. The summed E-state index contributed by atoms with van der Waals surface area (Å²) in [5.41, 5.74) is 5.48. The summed E-state index contributed by atoms with van der Waals surface area (Å²) in [5, 5.41) is 10.7. The molecular weight excluding hydrogens is 246 g/mol. The van der Waals surface area contributed by atoms with E-state index in [1.165, 1.54) is 6.07 Å². The highest BCUT2D eigenvalue weighted by atomic mass is 16.6. The molecule has 104 valence electrons. The average Bonchev–Trinajstić information content (AvgIpc) is 2.38. The first-order valence-corrected chi connectivity index (χ1v) is 6.31. The zero-order valence-corrected chi connectivity index (χ0v) is 11.2. The van der Waals surface area contributed by atoms with Crippen LogP contribution in [0.15, 0.2) is 12.1 Å². The van der Waals surface area contributed by atoms with Crippen molar-refractivity contribution < 1.29 is 4.92 Å². The van der Waals surface area contributed by atoms with Crippen LogP contribution in [-0.4, -0.2) is 48.0 Å². The van der Waals surface area contributed by atoms with Crippen LogP contribution in [0.3, 0.4) is 0 Å². The third-order valence-electron chi connectivity index (χ3n) is 3.60. The van der Waals surface area contributed by atoms with Crippen LogP contribution in [0.4, 0.5) is 17.3 Å².